The number of aromatic nitrogens is 1. The van der Waals surface area contributed by atoms with Gasteiger partial charge in [-0.2, -0.15) is 0 Å². The van der Waals surface area contributed by atoms with Crippen LogP contribution >= 0.6 is 22.9 Å². The Kier molecular flexibility index (Phi) is 5.97. The molecule has 0 aliphatic rings. The van der Waals surface area contributed by atoms with E-state index in [0.29, 0.717) is 15.5 Å². The number of non-ortho nitro benzene ring substituents is 1. The topological polar surface area (TPSA) is 72.5 Å². The molecule has 0 amide bonds. The number of benzene rings is 3. The molecule has 8 heteroatoms. The van der Waals surface area contributed by atoms with Crippen LogP contribution in [0.4, 0.5) is 5.69 Å². The zero-order valence-electron chi connectivity index (χ0n) is 16.2. The van der Waals surface area contributed by atoms with E-state index in [0.717, 1.165) is 22.5 Å². The molecule has 1 heterocycles. The minimum Gasteiger partial charge on any atom is -0.284 e. The van der Waals surface area contributed by atoms with Crippen LogP contribution in [0.15, 0.2) is 95.9 Å². The number of nitrogens with zero attached hydrogens (tertiary/aromatic N) is 3. The molecule has 0 aliphatic heterocycles. The van der Waals surface area contributed by atoms with E-state index in [1.807, 2.05) is 58.5 Å². The van der Waals surface area contributed by atoms with Crippen LogP contribution in [0, 0.1) is 10.1 Å². The Hall–Kier alpha value is -3.68. The Bertz CT molecular complexity index is 1310. The molecule has 0 fully saturated rings. The first-order valence-corrected chi connectivity index (χ1v) is 10.5. The van der Waals surface area contributed by atoms with Crippen LogP contribution in [0.25, 0.3) is 22.6 Å². The van der Waals surface area contributed by atoms with Gasteiger partial charge in [0.1, 0.15) is 0 Å². The summed E-state index contributed by atoms with van der Waals surface area (Å²) in [6, 6.07) is 23.6. The predicted octanol–water partition coefficient (Wildman–Crippen LogP) is 5.84. The lowest BCUT2D eigenvalue weighted by Gasteiger charge is -2.10. The molecule has 0 unspecified atom stereocenters. The predicted molar refractivity (Wildman–Crippen MR) is 125 cm³/mol. The van der Waals surface area contributed by atoms with Gasteiger partial charge in [-0.15, -0.1) is 16.4 Å². The molecule has 6 nitrogen and oxygen atoms in total. The van der Waals surface area contributed by atoms with Crippen molar-refractivity contribution < 1.29 is 4.92 Å². The molecule has 4 rings (SSSR count). The molecule has 1 aromatic heterocycles. The standard InChI is InChI=1S/C23H17ClN4O2S/c1-16(17-10-12-19(24)13-11-17)25-26-23-27(20-7-3-2-4-8-20)22(15-31-23)18-6-5-9-21(14-18)28(29)30/h2-15,25H,1H2. The van der Waals surface area contributed by atoms with E-state index in [4.69, 9.17) is 11.6 Å². The van der Waals surface area contributed by atoms with Crippen molar-refractivity contribution in [3.05, 3.63) is 116 Å². The lowest BCUT2D eigenvalue weighted by atomic mass is 10.1. The fourth-order valence-electron chi connectivity index (χ4n) is 3.03. The number of rotatable bonds is 6. The molecule has 3 aromatic carbocycles. The fourth-order valence-corrected chi connectivity index (χ4v) is 4.02. The number of nitrogens with one attached hydrogen (secondary N) is 1. The number of nitro groups is 1. The Balaban J connectivity index is 1.78. The average Bonchev–Trinajstić information content (AvgIpc) is 3.22. The summed E-state index contributed by atoms with van der Waals surface area (Å²) in [6.07, 6.45) is 0. The average molecular weight is 449 g/mol. The second kappa shape index (κ2) is 8.99. The van der Waals surface area contributed by atoms with E-state index in [9.17, 15) is 10.1 Å². The highest BCUT2D eigenvalue weighted by Crippen LogP contribution is 2.26. The molecule has 0 spiro atoms. The second-order valence-electron chi connectivity index (χ2n) is 6.59. The van der Waals surface area contributed by atoms with Gasteiger partial charge in [0.2, 0.25) is 4.80 Å². The first kappa shape index (κ1) is 20.6. The molecule has 31 heavy (non-hydrogen) atoms. The summed E-state index contributed by atoms with van der Waals surface area (Å²) < 4.78 is 1.95. The molecular weight excluding hydrogens is 432 g/mol. The van der Waals surface area contributed by atoms with E-state index in [1.54, 1.807) is 24.3 Å². The summed E-state index contributed by atoms with van der Waals surface area (Å²) >= 11 is 7.37. The van der Waals surface area contributed by atoms with Gasteiger partial charge in [-0.3, -0.25) is 20.1 Å². The van der Waals surface area contributed by atoms with Crippen LogP contribution in [-0.2, 0) is 0 Å². The van der Waals surface area contributed by atoms with Crippen LogP contribution in [0.2, 0.25) is 5.02 Å². The summed E-state index contributed by atoms with van der Waals surface area (Å²) in [5.41, 5.74) is 6.97. The fraction of sp³-hybridized carbons (Fsp3) is 0. The van der Waals surface area contributed by atoms with Gasteiger partial charge in [0.05, 0.1) is 16.3 Å². The van der Waals surface area contributed by atoms with E-state index >= 15 is 0 Å². The lowest BCUT2D eigenvalue weighted by Crippen LogP contribution is -2.18. The number of thiazole rings is 1. The Morgan fingerprint density at radius 2 is 1.81 bits per heavy atom. The monoisotopic (exact) mass is 448 g/mol. The van der Waals surface area contributed by atoms with Crippen molar-refractivity contribution >= 4 is 34.3 Å². The summed E-state index contributed by atoms with van der Waals surface area (Å²) in [4.78, 5) is 11.5. The number of nitro benzene ring substituents is 1. The first-order chi connectivity index (χ1) is 15.0. The maximum absolute atomic E-state index is 11.2. The zero-order chi connectivity index (χ0) is 21.8. The van der Waals surface area contributed by atoms with Gasteiger partial charge in [0.15, 0.2) is 0 Å². The molecular formula is C23H17ClN4O2S. The number of halogens is 1. The summed E-state index contributed by atoms with van der Waals surface area (Å²) in [6.45, 7) is 4.04. The van der Waals surface area contributed by atoms with Crippen LogP contribution in [-0.4, -0.2) is 9.49 Å². The third-order valence-electron chi connectivity index (χ3n) is 4.55. The molecule has 0 saturated carbocycles. The number of para-hydroxylation sites is 1. The minimum absolute atomic E-state index is 0.0380. The summed E-state index contributed by atoms with van der Waals surface area (Å²) in [5, 5.41) is 18.4. The molecule has 1 N–H and O–H groups in total. The Morgan fingerprint density at radius 3 is 2.52 bits per heavy atom. The largest absolute Gasteiger partial charge is 0.284 e. The van der Waals surface area contributed by atoms with Crippen molar-refractivity contribution in [1.82, 2.24) is 9.99 Å². The second-order valence-corrected chi connectivity index (χ2v) is 7.86. The minimum atomic E-state index is -0.397. The van der Waals surface area contributed by atoms with E-state index in [-0.39, 0.29) is 5.69 Å². The molecule has 154 valence electrons. The molecule has 0 saturated heterocycles. The smallest absolute Gasteiger partial charge is 0.270 e. The van der Waals surface area contributed by atoms with Crippen LogP contribution in [0.5, 0.6) is 0 Å². The molecule has 0 radical (unpaired) electrons. The van der Waals surface area contributed by atoms with Crippen molar-refractivity contribution in [2.75, 3.05) is 0 Å². The van der Waals surface area contributed by atoms with Gasteiger partial charge in [-0.05, 0) is 29.8 Å². The number of hydrogen-bond acceptors (Lipinski definition) is 5. The quantitative estimate of drug-likeness (QED) is 0.297. The van der Waals surface area contributed by atoms with Crippen molar-refractivity contribution in [3.63, 3.8) is 0 Å². The molecule has 0 atom stereocenters. The van der Waals surface area contributed by atoms with Crippen LogP contribution in [0.3, 0.4) is 0 Å². The third kappa shape index (κ3) is 4.58. The van der Waals surface area contributed by atoms with Gasteiger partial charge in [-0.25, -0.2) is 0 Å². The van der Waals surface area contributed by atoms with Crippen molar-refractivity contribution in [1.29, 1.82) is 0 Å². The van der Waals surface area contributed by atoms with Gasteiger partial charge >= 0.3 is 0 Å². The summed E-state index contributed by atoms with van der Waals surface area (Å²) in [7, 11) is 0. The number of hydrogen-bond donors (Lipinski definition) is 1. The Morgan fingerprint density at radius 1 is 1.06 bits per heavy atom. The molecule has 4 aromatic rings. The van der Waals surface area contributed by atoms with Gasteiger partial charge < -0.3 is 0 Å². The first-order valence-electron chi connectivity index (χ1n) is 9.28. The maximum Gasteiger partial charge on any atom is 0.270 e. The SMILES string of the molecule is C=C(NN=c1scc(-c2cccc([N+](=O)[O-])c2)n1-c1ccccc1)c1ccc(Cl)cc1. The van der Waals surface area contributed by atoms with Crippen molar-refractivity contribution in [2.24, 2.45) is 5.10 Å². The highest BCUT2D eigenvalue weighted by atomic mass is 35.5. The third-order valence-corrected chi connectivity index (χ3v) is 5.63. The normalized spacial score (nSPS) is 11.3. The Labute approximate surface area is 187 Å². The highest BCUT2D eigenvalue weighted by molar-refractivity contribution is 7.07. The zero-order valence-corrected chi connectivity index (χ0v) is 17.8. The van der Waals surface area contributed by atoms with Gasteiger partial charge in [0, 0.05) is 33.8 Å². The molecule has 0 aliphatic carbocycles. The maximum atomic E-state index is 11.2. The van der Waals surface area contributed by atoms with E-state index in [1.165, 1.54) is 17.4 Å². The van der Waals surface area contributed by atoms with E-state index < -0.39 is 4.92 Å². The highest BCUT2D eigenvalue weighted by Gasteiger charge is 2.13. The van der Waals surface area contributed by atoms with Gasteiger partial charge in [-0.1, -0.05) is 60.6 Å². The van der Waals surface area contributed by atoms with Gasteiger partial charge in [0.25, 0.3) is 5.69 Å². The summed E-state index contributed by atoms with van der Waals surface area (Å²) in [5.74, 6) is 0. The van der Waals surface area contributed by atoms with Crippen molar-refractivity contribution in [3.8, 4) is 16.9 Å². The van der Waals surface area contributed by atoms with E-state index in [2.05, 4.69) is 17.1 Å². The lowest BCUT2D eigenvalue weighted by molar-refractivity contribution is -0.384. The molecule has 0 bridgehead atoms. The van der Waals surface area contributed by atoms with Crippen molar-refractivity contribution in [2.45, 2.75) is 0 Å². The van der Waals surface area contributed by atoms with Crippen LogP contribution in [0.1, 0.15) is 5.56 Å². The van der Waals surface area contributed by atoms with Crippen LogP contribution < -0.4 is 10.2 Å².